The van der Waals surface area contributed by atoms with E-state index in [9.17, 15) is 9.59 Å². The van der Waals surface area contributed by atoms with Crippen molar-refractivity contribution in [2.45, 2.75) is 13.3 Å². The number of hydrogen-bond donors (Lipinski definition) is 1. The molecule has 0 atom stereocenters. The molecule has 0 bridgehead atoms. The summed E-state index contributed by atoms with van der Waals surface area (Å²) in [4.78, 5) is 29.4. The third kappa shape index (κ3) is 4.29. The number of nitrogens with zero attached hydrogens (tertiary/aromatic N) is 2. The van der Waals surface area contributed by atoms with Crippen LogP contribution in [0.25, 0.3) is 0 Å². The zero-order valence-corrected chi connectivity index (χ0v) is 15.1. The van der Waals surface area contributed by atoms with Crippen LogP contribution in [0.2, 0.25) is 0 Å². The van der Waals surface area contributed by atoms with Crippen LogP contribution in [0.3, 0.4) is 0 Å². The standard InChI is InChI=1S/C21H25N3O2/c1-2-23-11-13-24(14-12-23)19-9-5-17(6-10-19)21(26)15-20(25)16-3-7-18(22)8-4-16/h3-10H,2,11-15,22H2,1H3. The first-order valence-corrected chi connectivity index (χ1v) is 9.06. The second-order valence-electron chi connectivity index (χ2n) is 6.61. The largest absolute Gasteiger partial charge is 0.399 e. The maximum Gasteiger partial charge on any atom is 0.170 e. The van der Waals surface area contributed by atoms with Gasteiger partial charge in [-0.15, -0.1) is 0 Å². The van der Waals surface area contributed by atoms with Crippen molar-refractivity contribution >= 4 is 22.9 Å². The quantitative estimate of drug-likeness (QED) is 0.492. The maximum absolute atomic E-state index is 12.4. The normalized spacial score (nSPS) is 15.0. The van der Waals surface area contributed by atoms with Gasteiger partial charge in [0.05, 0.1) is 6.42 Å². The van der Waals surface area contributed by atoms with Crippen LogP contribution in [0, 0.1) is 0 Å². The topological polar surface area (TPSA) is 66.6 Å². The summed E-state index contributed by atoms with van der Waals surface area (Å²) in [5.41, 5.74) is 8.44. The molecule has 0 saturated carbocycles. The number of piperazine rings is 1. The number of nitrogen functional groups attached to an aromatic ring is 1. The van der Waals surface area contributed by atoms with Crippen molar-refractivity contribution in [1.82, 2.24) is 4.90 Å². The molecule has 3 rings (SSSR count). The van der Waals surface area contributed by atoms with Crippen molar-refractivity contribution in [2.75, 3.05) is 43.4 Å². The Morgan fingerprint density at radius 1 is 0.846 bits per heavy atom. The highest BCUT2D eigenvalue weighted by molar-refractivity contribution is 6.13. The second-order valence-corrected chi connectivity index (χ2v) is 6.61. The molecule has 0 radical (unpaired) electrons. The summed E-state index contributed by atoms with van der Waals surface area (Å²) in [7, 11) is 0. The molecule has 5 heteroatoms. The number of Topliss-reactive ketones (excluding diaryl/α,β-unsaturated/α-hetero) is 2. The highest BCUT2D eigenvalue weighted by atomic mass is 16.1. The van der Waals surface area contributed by atoms with Crippen molar-refractivity contribution in [2.24, 2.45) is 0 Å². The minimum atomic E-state index is -0.185. The number of rotatable bonds is 6. The molecule has 1 saturated heterocycles. The highest BCUT2D eigenvalue weighted by Crippen LogP contribution is 2.19. The predicted octanol–water partition coefficient (Wildman–Crippen LogP) is 2.87. The predicted molar refractivity (Wildman–Crippen MR) is 105 cm³/mol. The molecular formula is C21H25N3O2. The fraction of sp³-hybridized carbons (Fsp3) is 0.333. The molecule has 2 aromatic carbocycles. The summed E-state index contributed by atoms with van der Waals surface area (Å²) >= 11 is 0. The third-order valence-electron chi connectivity index (χ3n) is 4.93. The molecule has 136 valence electrons. The minimum absolute atomic E-state index is 0.127. The first-order chi connectivity index (χ1) is 12.6. The lowest BCUT2D eigenvalue weighted by Crippen LogP contribution is -2.46. The summed E-state index contributed by atoms with van der Waals surface area (Å²) in [6, 6.07) is 14.2. The number of likely N-dealkylation sites (N-methyl/N-ethyl adjacent to an activating group) is 1. The number of nitrogens with two attached hydrogens (primary N) is 1. The fourth-order valence-corrected chi connectivity index (χ4v) is 3.20. The first kappa shape index (κ1) is 18.1. The monoisotopic (exact) mass is 351 g/mol. The van der Waals surface area contributed by atoms with Crippen LogP contribution in [-0.2, 0) is 0 Å². The van der Waals surface area contributed by atoms with Gasteiger partial charge in [-0.3, -0.25) is 9.59 Å². The Morgan fingerprint density at radius 2 is 1.35 bits per heavy atom. The number of carbonyl (C=O) groups is 2. The molecule has 26 heavy (non-hydrogen) atoms. The Hall–Kier alpha value is -2.66. The number of anilines is 2. The SMILES string of the molecule is CCN1CCN(c2ccc(C(=O)CC(=O)c3ccc(N)cc3)cc2)CC1. The molecule has 2 N–H and O–H groups in total. The van der Waals surface area contributed by atoms with Crippen LogP contribution in [0.4, 0.5) is 11.4 Å². The van der Waals surface area contributed by atoms with Gasteiger partial charge in [-0.05, 0) is 55.1 Å². The summed E-state index contributed by atoms with van der Waals surface area (Å²) in [6.45, 7) is 7.39. The van der Waals surface area contributed by atoms with Crippen LogP contribution < -0.4 is 10.6 Å². The molecule has 5 nitrogen and oxygen atoms in total. The highest BCUT2D eigenvalue weighted by Gasteiger charge is 2.17. The molecule has 1 aliphatic heterocycles. The number of hydrogen-bond acceptors (Lipinski definition) is 5. The number of benzene rings is 2. The van der Waals surface area contributed by atoms with Crippen LogP contribution in [0.15, 0.2) is 48.5 Å². The molecule has 1 aliphatic rings. The van der Waals surface area contributed by atoms with Crippen molar-refractivity contribution < 1.29 is 9.59 Å². The summed E-state index contributed by atoms with van der Waals surface area (Å²) in [5.74, 6) is -0.344. The van der Waals surface area contributed by atoms with E-state index in [0.29, 0.717) is 16.8 Å². The van der Waals surface area contributed by atoms with Gasteiger partial charge in [0.25, 0.3) is 0 Å². The molecule has 1 fully saturated rings. The van der Waals surface area contributed by atoms with Crippen molar-refractivity contribution in [3.8, 4) is 0 Å². The molecule has 1 heterocycles. The molecule has 0 amide bonds. The Bertz CT molecular complexity index is 761. The molecule has 2 aromatic rings. The van der Waals surface area contributed by atoms with E-state index in [4.69, 9.17) is 5.73 Å². The average Bonchev–Trinajstić information content (AvgIpc) is 2.68. The summed E-state index contributed by atoms with van der Waals surface area (Å²) in [5, 5.41) is 0. The van der Waals surface area contributed by atoms with E-state index >= 15 is 0 Å². The lowest BCUT2D eigenvalue weighted by atomic mass is 10.0. The number of carbonyl (C=O) groups excluding carboxylic acids is 2. The number of ketones is 2. The van der Waals surface area contributed by atoms with Gasteiger partial charge in [-0.1, -0.05) is 6.92 Å². The average molecular weight is 351 g/mol. The van der Waals surface area contributed by atoms with Crippen LogP contribution in [-0.4, -0.2) is 49.2 Å². The Morgan fingerprint density at radius 3 is 1.85 bits per heavy atom. The summed E-state index contributed by atoms with van der Waals surface area (Å²) in [6.07, 6.45) is -0.127. The van der Waals surface area contributed by atoms with Crippen LogP contribution >= 0.6 is 0 Å². The first-order valence-electron chi connectivity index (χ1n) is 9.06. The van der Waals surface area contributed by atoms with Gasteiger partial charge < -0.3 is 15.5 Å². The van der Waals surface area contributed by atoms with Crippen molar-refractivity contribution in [3.63, 3.8) is 0 Å². The van der Waals surface area contributed by atoms with Gasteiger partial charge in [0, 0.05) is 48.7 Å². The minimum Gasteiger partial charge on any atom is -0.399 e. The Balaban J connectivity index is 1.60. The lowest BCUT2D eigenvalue weighted by Gasteiger charge is -2.35. The molecular weight excluding hydrogens is 326 g/mol. The maximum atomic E-state index is 12.4. The van der Waals surface area contributed by atoms with Crippen LogP contribution in [0.5, 0.6) is 0 Å². The molecule has 0 aliphatic carbocycles. The summed E-state index contributed by atoms with van der Waals surface area (Å²) < 4.78 is 0. The van der Waals surface area contributed by atoms with E-state index in [2.05, 4.69) is 16.7 Å². The lowest BCUT2D eigenvalue weighted by molar-refractivity contribution is 0.0894. The smallest absolute Gasteiger partial charge is 0.170 e. The van der Waals surface area contributed by atoms with Crippen molar-refractivity contribution in [3.05, 3.63) is 59.7 Å². The third-order valence-corrected chi connectivity index (χ3v) is 4.93. The van der Waals surface area contributed by atoms with E-state index in [1.54, 1.807) is 24.3 Å². The van der Waals surface area contributed by atoms with Gasteiger partial charge in [0.1, 0.15) is 0 Å². The van der Waals surface area contributed by atoms with Crippen LogP contribution in [0.1, 0.15) is 34.1 Å². The molecule has 0 aromatic heterocycles. The van der Waals surface area contributed by atoms with Gasteiger partial charge in [-0.25, -0.2) is 0 Å². The van der Waals surface area contributed by atoms with E-state index in [0.717, 1.165) is 38.4 Å². The Kier molecular flexibility index (Phi) is 5.68. The zero-order chi connectivity index (χ0) is 18.5. The van der Waals surface area contributed by atoms with Gasteiger partial charge in [0.2, 0.25) is 0 Å². The van der Waals surface area contributed by atoms with E-state index in [1.807, 2.05) is 24.3 Å². The molecule has 0 spiro atoms. The fourth-order valence-electron chi connectivity index (χ4n) is 3.20. The molecule has 0 unspecified atom stereocenters. The van der Waals surface area contributed by atoms with Crippen molar-refractivity contribution in [1.29, 1.82) is 0 Å². The van der Waals surface area contributed by atoms with E-state index < -0.39 is 0 Å². The Labute approximate surface area is 154 Å². The van der Waals surface area contributed by atoms with Gasteiger partial charge in [0.15, 0.2) is 11.6 Å². The van der Waals surface area contributed by atoms with Gasteiger partial charge >= 0.3 is 0 Å². The van der Waals surface area contributed by atoms with E-state index in [1.165, 1.54) is 0 Å². The van der Waals surface area contributed by atoms with Gasteiger partial charge in [-0.2, -0.15) is 0 Å². The van der Waals surface area contributed by atoms with E-state index in [-0.39, 0.29) is 18.0 Å². The second kappa shape index (κ2) is 8.15. The zero-order valence-electron chi connectivity index (χ0n) is 15.1.